The molecule has 136 valence electrons. The SMILES string of the molecule is O=S(=O)(Nc1ccc(Oc2ccc(-n3cccc3)nn2)cc1)c1cccs1. The zero-order valence-electron chi connectivity index (χ0n) is 13.9. The highest BCUT2D eigenvalue weighted by Crippen LogP contribution is 2.24. The van der Waals surface area contributed by atoms with Gasteiger partial charge in [0, 0.05) is 24.1 Å². The predicted octanol–water partition coefficient (Wildman–Crippen LogP) is 3.92. The third-order valence-electron chi connectivity index (χ3n) is 3.58. The van der Waals surface area contributed by atoms with E-state index in [1.165, 1.54) is 0 Å². The Labute approximate surface area is 159 Å². The minimum atomic E-state index is -3.57. The van der Waals surface area contributed by atoms with E-state index in [1.807, 2.05) is 29.1 Å². The summed E-state index contributed by atoms with van der Waals surface area (Å²) < 4.78 is 34.7. The Hall–Kier alpha value is -3.17. The summed E-state index contributed by atoms with van der Waals surface area (Å²) in [6.45, 7) is 0. The molecule has 0 atom stereocenters. The van der Waals surface area contributed by atoms with Gasteiger partial charge >= 0.3 is 0 Å². The molecular weight excluding hydrogens is 384 g/mol. The number of hydrogen-bond acceptors (Lipinski definition) is 6. The van der Waals surface area contributed by atoms with Crippen LogP contribution in [-0.4, -0.2) is 23.2 Å². The monoisotopic (exact) mass is 398 g/mol. The van der Waals surface area contributed by atoms with Gasteiger partial charge in [-0.2, -0.15) is 0 Å². The Balaban J connectivity index is 1.43. The number of nitrogens with zero attached hydrogens (tertiary/aromatic N) is 3. The van der Waals surface area contributed by atoms with Crippen LogP contribution in [0.2, 0.25) is 0 Å². The second kappa shape index (κ2) is 7.22. The molecule has 4 aromatic rings. The van der Waals surface area contributed by atoms with Crippen molar-refractivity contribution in [1.82, 2.24) is 14.8 Å². The number of ether oxygens (including phenoxy) is 1. The molecule has 9 heteroatoms. The van der Waals surface area contributed by atoms with Crippen LogP contribution in [0.4, 0.5) is 5.69 Å². The van der Waals surface area contributed by atoms with Gasteiger partial charge in [0.05, 0.1) is 0 Å². The highest BCUT2D eigenvalue weighted by molar-refractivity contribution is 7.94. The van der Waals surface area contributed by atoms with Crippen molar-refractivity contribution in [3.8, 4) is 17.4 Å². The van der Waals surface area contributed by atoms with Crippen LogP contribution in [0.3, 0.4) is 0 Å². The van der Waals surface area contributed by atoms with Gasteiger partial charge in [0.15, 0.2) is 5.82 Å². The molecular formula is C18H14N4O3S2. The third-order valence-corrected chi connectivity index (χ3v) is 6.36. The van der Waals surface area contributed by atoms with Crippen molar-refractivity contribution in [3.05, 3.63) is 78.4 Å². The van der Waals surface area contributed by atoms with E-state index in [0.717, 1.165) is 11.3 Å². The van der Waals surface area contributed by atoms with Crippen LogP contribution in [0, 0.1) is 0 Å². The van der Waals surface area contributed by atoms with E-state index >= 15 is 0 Å². The fraction of sp³-hybridized carbons (Fsp3) is 0. The molecule has 0 aliphatic rings. The zero-order valence-corrected chi connectivity index (χ0v) is 15.5. The molecule has 0 unspecified atom stereocenters. The van der Waals surface area contributed by atoms with Crippen LogP contribution in [0.15, 0.2) is 82.6 Å². The van der Waals surface area contributed by atoms with Crippen molar-refractivity contribution in [1.29, 1.82) is 0 Å². The van der Waals surface area contributed by atoms with Crippen molar-refractivity contribution in [2.45, 2.75) is 4.21 Å². The minimum absolute atomic E-state index is 0.265. The molecule has 0 saturated heterocycles. The summed E-state index contributed by atoms with van der Waals surface area (Å²) in [7, 11) is -3.57. The molecule has 7 nitrogen and oxygen atoms in total. The number of aromatic nitrogens is 3. The average molecular weight is 398 g/mol. The van der Waals surface area contributed by atoms with Gasteiger partial charge < -0.3 is 9.30 Å². The molecule has 0 fully saturated rings. The Kier molecular flexibility index (Phi) is 4.61. The number of sulfonamides is 1. The number of hydrogen-bond donors (Lipinski definition) is 1. The Morgan fingerprint density at radius 1 is 0.926 bits per heavy atom. The normalized spacial score (nSPS) is 11.3. The van der Waals surface area contributed by atoms with Gasteiger partial charge in [-0.1, -0.05) is 6.07 Å². The number of thiophene rings is 1. The van der Waals surface area contributed by atoms with Gasteiger partial charge in [0.2, 0.25) is 5.88 Å². The Morgan fingerprint density at radius 3 is 2.33 bits per heavy atom. The molecule has 0 spiro atoms. The lowest BCUT2D eigenvalue weighted by Gasteiger charge is -2.08. The number of rotatable bonds is 6. The third kappa shape index (κ3) is 3.99. The van der Waals surface area contributed by atoms with Gasteiger partial charge in [-0.15, -0.1) is 21.5 Å². The number of anilines is 1. The summed E-state index contributed by atoms with van der Waals surface area (Å²) >= 11 is 1.16. The summed E-state index contributed by atoms with van der Waals surface area (Å²) in [6, 6.07) is 17.1. The molecule has 1 N–H and O–H groups in total. The Bertz CT molecular complexity index is 1110. The van der Waals surface area contributed by atoms with Crippen LogP contribution in [0.25, 0.3) is 5.82 Å². The average Bonchev–Trinajstić information content (AvgIpc) is 3.38. The van der Waals surface area contributed by atoms with E-state index in [-0.39, 0.29) is 4.21 Å². The van der Waals surface area contributed by atoms with Gasteiger partial charge in [-0.3, -0.25) is 4.72 Å². The highest BCUT2D eigenvalue weighted by Gasteiger charge is 2.15. The van der Waals surface area contributed by atoms with Crippen LogP contribution in [0.1, 0.15) is 0 Å². The van der Waals surface area contributed by atoms with Crippen molar-refractivity contribution < 1.29 is 13.2 Å². The standard InChI is InChI=1S/C18H14N4O3S2/c23-27(24,18-4-3-13-26-18)21-14-5-7-15(8-6-14)25-17-10-9-16(19-20-17)22-11-1-2-12-22/h1-13,21H. The lowest BCUT2D eigenvalue weighted by atomic mass is 10.3. The summed E-state index contributed by atoms with van der Waals surface area (Å²) in [5, 5.41) is 9.87. The van der Waals surface area contributed by atoms with Crippen LogP contribution >= 0.6 is 11.3 Å². The van der Waals surface area contributed by atoms with E-state index in [9.17, 15) is 8.42 Å². The zero-order chi connectivity index (χ0) is 18.7. The largest absolute Gasteiger partial charge is 0.438 e. The lowest BCUT2D eigenvalue weighted by Crippen LogP contribution is -2.11. The molecule has 4 rings (SSSR count). The van der Waals surface area contributed by atoms with Crippen molar-refractivity contribution in [3.63, 3.8) is 0 Å². The predicted molar refractivity (Wildman–Crippen MR) is 103 cm³/mol. The smallest absolute Gasteiger partial charge is 0.271 e. The minimum Gasteiger partial charge on any atom is -0.438 e. The fourth-order valence-corrected chi connectivity index (χ4v) is 4.38. The molecule has 0 amide bonds. The van der Waals surface area contributed by atoms with Gasteiger partial charge in [-0.25, -0.2) is 8.42 Å². The second-order valence-corrected chi connectivity index (χ2v) is 8.34. The van der Waals surface area contributed by atoms with E-state index < -0.39 is 10.0 Å². The van der Waals surface area contributed by atoms with Crippen LogP contribution in [-0.2, 0) is 10.0 Å². The van der Waals surface area contributed by atoms with Crippen molar-refractivity contribution in [2.75, 3.05) is 4.72 Å². The first-order valence-corrected chi connectivity index (χ1v) is 10.3. The first kappa shape index (κ1) is 17.3. The molecule has 0 aliphatic carbocycles. The molecule has 3 aromatic heterocycles. The topological polar surface area (TPSA) is 86.1 Å². The van der Waals surface area contributed by atoms with E-state index in [2.05, 4.69) is 14.9 Å². The molecule has 0 radical (unpaired) electrons. The van der Waals surface area contributed by atoms with E-state index in [4.69, 9.17) is 4.74 Å². The number of benzene rings is 1. The van der Waals surface area contributed by atoms with Crippen molar-refractivity contribution >= 4 is 27.0 Å². The first-order valence-electron chi connectivity index (χ1n) is 7.91. The first-order chi connectivity index (χ1) is 13.1. The quantitative estimate of drug-likeness (QED) is 0.532. The lowest BCUT2D eigenvalue weighted by molar-refractivity contribution is 0.454. The molecule has 0 bridgehead atoms. The summed E-state index contributed by atoms with van der Waals surface area (Å²) in [5.41, 5.74) is 0.449. The second-order valence-electron chi connectivity index (χ2n) is 5.48. The van der Waals surface area contributed by atoms with Crippen molar-refractivity contribution in [2.24, 2.45) is 0 Å². The summed E-state index contributed by atoms with van der Waals surface area (Å²) in [5.74, 6) is 1.56. The van der Waals surface area contributed by atoms with Gasteiger partial charge in [0.25, 0.3) is 10.0 Å². The maximum Gasteiger partial charge on any atom is 0.271 e. The maximum atomic E-state index is 12.2. The van der Waals surface area contributed by atoms with E-state index in [0.29, 0.717) is 23.1 Å². The molecule has 0 aliphatic heterocycles. The van der Waals surface area contributed by atoms with Crippen LogP contribution in [0.5, 0.6) is 11.6 Å². The summed E-state index contributed by atoms with van der Waals surface area (Å²) in [4.78, 5) is 0. The van der Waals surface area contributed by atoms with Crippen LogP contribution < -0.4 is 9.46 Å². The number of nitrogens with one attached hydrogen (secondary N) is 1. The van der Waals surface area contributed by atoms with E-state index in [1.54, 1.807) is 53.9 Å². The fourth-order valence-electron chi connectivity index (χ4n) is 2.33. The maximum absolute atomic E-state index is 12.2. The summed E-state index contributed by atoms with van der Waals surface area (Å²) in [6.07, 6.45) is 3.75. The van der Waals surface area contributed by atoms with Gasteiger partial charge in [0.1, 0.15) is 9.96 Å². The molecule has 1 aromatic carbocycles. The van der Waals surface area contributed by atoms with Gasteiger partial charge in [-0.05, 0) is 53.9 Å². The Morgan fingerprint density at radius 2 is 1.70 bits per heavy atom. The molecule has 27 heavy (non-hydrogen) atoms. The highest BCUT2D eigenvalue weighted by atomic mass is 32.2. The molecule has 0 saturated carbocycles. The molecule has 3 heterocycles.